The van der Waals surface area contributed by atoms with Crippen LogP contribution in [0.5, 0.6) is 0 Å². The number of hydrogen-bond acceptors (Lipinski definition) is 3. The Bertz CT molecular complexity index is 958. The topological polar surface area (TPSA) is 55.4 Å². The van der Waals surface area contributed by atoms with Crippen molar-refractivity contribution in [3.8, 4) is 11.1 Å². The lowest BCUT2D eigenvalue weighted by Gasteiger charge is -2.25. The second kappa shape index (κ2) is 8.74. The van der Waals surface area contributed by atoms with Crippen LogP contribution in [0.1, 0.15) is 42.8 Å². The number of carbonyl (C=O) groups is 2. The molecule has 3 aromatic rings. The zero-order valence-corrected chi connectivity index (χ0v) is 16.9. The molecule has 0 aliphatic heterocycles. The fourth-order valence-electron chi connectivity index (χ4n) is 2.94. The highest BCUT2D eigenvalue weighted by molar-refractivity contribution is 5.92. The van der Waals surface area contributed by atoms with Gasteiger partial charge in [0, 0.05) is 11.1 Å². The maximum atomic E-state index is 12.9. The third kappa shape index (κ3) is 5.55. The van der Waals surface area contributed by atoms with E-state index in [0.29, 0.717) is 11.1 Å². The van der Waals surface area contributed by atoms with Gasteiger partial charge in [-0.25, -0.2) is 4.79 Å². The van der Waals surface area contributed by atoms with Crippen LogP contribution in [0.25, 0.3) is 11.1 Å². The molecule has 29 heavy (non-hydrogen) atoms. The number of rotatable bonds is 5. The van der Waals surface area contributed by atoms with Crippen LogP contribution >= 0.6 is 0 Å². The van der Waals surface area contributed by atoms with Crippen LogP contribution in [0.2, 0.25) is 0 Å². The van der Waals surface area contributed by atoms with Crippen molar-refractivity contribution in [3.05, 3.63) is 96.1 Å². The maximum Gasteiger partial charge on any atom is 0.339 e. The van der Waals surface area contributed by atoms with Crippen LogP contribution in [0, 0.1) is 0 Å². The number of benzene rings is 3. The molecule has 1 atom stereocenters. The van der Waals surface area contributed by atoms with Gasteiger partial charge in [-0.1, -0.05) is 72.8 Å². The number of hydrogen-bond donors (Lipinski definition) is 1. The zero-order chi connectivity index (χ0) is 20.9. The molecule has 3 rings (SSSR count). The van der Waals surface area contributed by atoms with E-state index in [2.05, 4.69) is 5.32 Å². The van der Waals surface area contributed by atoms with Crippen molar-refractivity contribution in [3.63, 3.8) is 0 Å². The minimum Gasteiger partial charge on any atom is -0.444 e. The Balaban J connectivity index is 1.88. The molecule has 0 bridgehead atoms. The Hall–Kier alpha value is -3.40. The summed E-state index contributed by atoms with van der Waals surface area (Å²) in [6.07, 6.45) is -1.04. The fourth-order valence-corrected chi connectivity index (χ4v) is 2.94. The average molecular weight is 387 g/mol. The molecule has 3 aromatic carbocycles. The van der Waals surface area contributed by atoms with Gasteiger partial charge < -0.3 is 10.1 Å². The van der Waals surface area contributed by atoms with Crippen LogP contribution in [0.4, 0.5) is 0 Å². The molecule has 1 amide bonds. The van der Waals surface area contributed by atoms with Gasteiger partial charge in [-0.15, -0.1) is 0 Å². The molecule has 0 radical (unpaired) electrons. The first-order valence-electron chi connectivity index (χ1n) is 9.57. The van der Waals surface area contributed by atoms with Gasteiger partial charge in [0.1, 0.15) is 0 Å². The lowest BCUT2D eigenvalue weighted by Crippen LogP contribution is -2.44. The Morgan fingerprint density at radius 1 is 0.759 bits per heavy atom. The standard InChI is InChI=1S/C25H25NO3/c1-25(2,3)26-23(27)22(29-24(28)21-12-8-5-9-13-21)20-16-14-19(15-17-20)18-10-6-4-7-11-18/h4-17,22H,1-3H3,(H,26,27). The van der Waals surface area contributed by atoms with Crippen molar-refractivity contribution in [2.24, 2.45) is 0 Å². The summed E-state index contributed by atoms with van der Waals surface area (Å²) in [5.41, 5.74) is 2.69. The third-order valence-corrected chi connectivity index (χ3v) is 4.29. The minimum absolute atomic E-state index is 0.353. The van der Waals surface area contributed by atoms with Crippen molar-refractivity contribution in [2.45, 2.75) is 32.4 Å². The predicted octanol–water partition coefficient (Wildman–Crippen LogP) is 5.17. The quantitative estimate of drug-likeness (QED) is 0.615. The smallest absolute Gasteiger partial charge is 0.339 e. The maximum absolute atomic E-state index is 12.9. The molecular formula is C25H25NO3. The lowest BCUT2D eigenvalue weighted by atomic mass is 10.0. The van der Waals surface area contributed by atoms with Gasteiger partial charge >= 0.3 is 5.97 Å². The van der Waals surface area contributed by atoms with Crippen LogP contribution in [-0.4, -0.2) is 17.4 Å². The van der Waals surface area contributed by atoms with Crippen LogP contribution in [-0.2, 0) is 9.53 Å². The SMILES string of the molecule is CC(C)(C)NC(=O)C(OC(=O)c1ccccc1)c1ccc(-c2ccccc2)cc1. The van der Waals surface area contributed by atoms with Crippen LogP contribution in [0.3, 0.4) is 0 Å². The summed E-state index contributed by atoms with van der Waals surface area (Å²) in [6.45, 7) is 5.67. The molecule has 0 aromatic heterocycles. The summed E-state index contributed by atoms with van der Waals surface area (Å²) in [5.74, 6) is -0.888. The second-order valence-corrected chi connectivity index (χ2v) is 7.88. The van der Waals surface area contributed by atoms with E-state index >= 15 is 0 Å². The summed E-state index contributed by atoms with van der Waals surface area (Å²) >= 11 is 0. The van der Waals surface area contributed by atoms with Gasteiger partial charge in [0.25, 0.3) is 5.91 Å². The lowest BCUT2D eigenvalue weighted by molar-refractivity contribution is -0.131. The first-order valence-corrected chi connectivity index (χ1v) is 9.57. The van der Waals surface area contributed by atoms with E-state index in [1.807, 2.05) is 81.4 Å². The van der Waals surface area contributed by atoms with E-state index in [-0.39, 0.29) is 5.91 Å². The Labute approximate surface area is 171 Å². The molecule has 0 saturated heterocycles. The van der Waals surface area contributed by atoms with E-state index in [4.69, 9.17) is 4.74 Å². The van der Waals surface area contributed by atoms with Gasteiger partial charge in [0.2, 0.25) is 6.10 Å². The first kappa shape index (κ1) is 20.3. The van der Waals surface area contributed by atoms with Gasteiger partial charge in [-0.05, 0) is 44.0 Å². The van der Waals surface area contributed by atoms with Crippen molar-refractivity contribution in [2.75, 3.05) is 0 Å². The van der Waals surface area contributed by atoms with Crippen molar-refractivity contribution in [1.82, 2.24) is 5.32 Å². The summed E-state index contributed by atoms with van der Waals surface area (Å²) in [5, 5.41) is 2.90. The van der Waals surface area contributed by atoms with Crippen molar-refractivity contribution < 1.29 is 14.3 Å². The van der Waals surface area contributed by atoms with Crippen molar-refractivity contribution >= 4 is 11.9 Å². The number of amides is 1. The number of carbonyl (C=O) groups excluding carboxylic acids is 2. The highest BCUT2D eigenvalue weighted by atomic mass is 16.5. The van der Waals surface area contributed by atoms with Gasteiger partial charge in [0.05, 0.1) is 5.56 Å². The van der Waals surface area contributed by atoms with E-state index < -0.39 is 17.6 Å². The molecule has 0 saturated carbocycles. The first-order chi connectivity index (χ1) is 13.8. The van der Waals surface area contributed by atoms with Gasteiger partial charge in [-0.2, -0.15) is 0 Å². The molecule has 4 nitrogen and oxygen atoms in total. The number of esters is 1. The molecule has 0 heterocycles. The van der Waals surface area contributed by atoms with Gasteiger partial charge in [0.15, 0.2) is 0 Å². The van der Waals surface area contributed by atoms with Crippen LogP contribution in [0.15, 0.2) is 84.9 Å². The summed E-state index contributed by atoms with van der Waals surface area (Å²) in [7, 11) is 0. The van der Waals surface area contributed by atoms with Gasteiger partial charge in [-0.3, -0.25) is 4.79 Å². The molecule has 1 unspecified atom stereocenters. The highest BCUT2D eigenvalue weighted by Gasteiger charge is 2.28. The average Bonchev–Trinajstić information content (AvgIpc) is 2.72. The largest absolute Gasteiger partial charge is 0.444 e. The van der Waals surface area contributed by atoms with Crippen LogP contribution < -0.4 is 5.32 Å². The summed E-state index contributed by atoms with van der Waals surface area (Å²) in [6, 6.07) is 26.1. The molecule has 0 aliphatic carbocycles. The molecule has 1 N–H and O–H groups in total. The van der Waals surface area contributed by atoms with E-state index in [9.17, 15) is 9.59 Å². The predicted molar refractivity (Wildman–Crippen MR) is 114 cm³/mol. The molecule has 0 spiro atoms. The second-order valence-electron chi connectivity index (χ2n) is 7.88. The fraction of sp³-hybridized carbons (Fsp3) is 0.200. The summed E-state index contributed by atoms with van der Waals surface area (Å²) < 4.78 is 5.62. The Morgan fingerprint density at radius 3 is 1.83 bits per heavy atom. The zero-order valence-electron chi connectivity index (χ0n) is 16.9. The monoisotopic (exact) mass is 387 g/mol. The van der Waals surface area contributed by atoms with Crippen molar-refractivity contribution in [1.29, 1.82) is 0 Å². The normalized spacial score (nSPS) is 12.1. The van der Waals surface area contributed by atoms with E-state index in [0.717, 1.165) is 11.1 Å². The number of ether oxygens (including phenoxy) is 1. The van der Waals surface area contributed by atoms with E-state index in [1.54, 1.807) is 24.3 Å². The Kier molecular flexibility index (Phi) is 6.13. The molecule has 0 aliphatic rings. The highest BCUT2D eigenvalue weighted by Crippen LogP contribution is 2.25. The molecule has 148 valence electrons. The Morgan fingerprint density at radius 2 is 1.28 bits per heavy atom. The minimum atomic E-state index is -1.04. The summed E-state index contributed by atoms with van der Waals surface area (Å²) in [4.78, 5) is 25.5. The van der Waals surface area contributed by atoms with E-state index in [1.165, 1.54) is 0 Å². The number of nitrogens with one attached hydrogen (secondary N) is 1. The third-order valence-electron chi connectivity index (χ3n) is 4.29. The molecule has 0 fully saturated rings. The molecule has 4 heteroatoms. The molecular weight excluding hydrogens is 362 g/mol.